The maximum absolute atomic E-state index is 9.07. The number of benzene rings is 1. The van der Waals surface area contributed by atoms with Gasteiger partial charge in [-0.15, -0.1) is 0 Å². The molecule has 1 aromatic carbocycles. The molecular weight excluding hydrogens is 290 g/mol. The number of hydrogen-bond acceptors (Lipinski definition) is 4. The van der Waals surface area contributed by atoms with Crippen molar-refractivity contribution in [2.75, 3.05) is 27.4 Å². The average molecular weight is 316 g/mol. The molecule has 2 N–H and O–H groups in total. The molecule has 0 saturated carbocycles. The first-order chi connectivity index (χ1) is 10.2. The third kappa shape index (κ3) is 5.73. The molecule has 0 bridgehead atoms. The SMILES string of the molecule is CCCC(CCO)CNCc1cc(Cl)c(OC)c(OC)c1. The Kier molecular flexibility index (Phi) is 8.50. The van der Waals surface area contributed by atoms with Crippen molar-refractivity contribution >= 4 is 11.6 Å². The zero-order chi connectivity index (χ0) is 15.7. The zero-order valence-electron chi connectivity index (χ0n) is 13.1. The van der Waals surface area contributed by atoms with Gasteiger partial charge in [0, 0.05) is 13.2 Å². The minimum Gasteiger partial charge on any atom is -0.493 e. The van der Waals surface area contributed by atoms with Crippen LogP contribution in [0, 0.1) is 5.92 Å². The van der Waals surface area contributed by atoms with Crippen LogP contribution in [0.4, 0.5) is 0 Å². The van der Waals surface area contributed by atoms with Crippen LogP contribution in [0.2, 0.25) is 5.02 Å². The van der Waals surface area contributed by atoms with Crippen molar-refractivity contribution in [3.8, 4) is 11.5 Å². The van der Waals surface area contributed by atoms with Gasteiger partial charge in [0.05, 0.1) is 19.2 Å². The highest BCUT2D eigenvalue weighted by Crippen LogP contribution is 2.35. The van der Waals surface area contributed by atoms with E-state index in [0.29, 0.717) is 29.0 Å². The van der Waals surface area contributed by atoms with Crippen molar-refractivity contribution in [2.45, 2.75) is 32.7 Å². The molecule has 0 aliphatic rings. The lowest BCUT2D eigenvalue weighted by molar-refractivity contribution is 0.248. The lowest BCUT2D eigenvalue weighted by Crippen LogP contribution is -2.23. The Morgan fingerprint density at radius 3 is 2.57 bits per heavy atom. The summed E-state index contributed by atoms with van der Waals surface area (Å²) in [5.41, 5.74) is 1.05. The summed E-state index contributed by atoms with van der Waals surface area (Å²) in [7, 11) is 3.18. The molecule has 0 saturated heterocycles. The van der Waals surface area contributed by atoms with Crippen LogP contribution in [0.3, 0.4) is 0 Å². The summed E-state index contributed by atoms with van der Waals surface area (Å²) >= 11 is 6.19. The fourth-order valence-corrected chi connectivity index (χ4v) is 2.74. The first-order valence-electron chi connectivity index (χ1n) is 7.38. The lowest BCUT2D eigenvalue weighted by Gasteiger charge is -2.16. The van der Waals surface area contributed by atoms with E-state index in [9.17, 15) is 0 Å². The highest BCUT2D eigenvalue weighted by atomic mass is 35.5. The molecule has 0 aliphatic carbocycles. The third-order valence-electron chi connectivity index (χ3n) is 3.49. The predicted molar refractivity (Wildman–Crippen MR) is 86.4 cm³/mol. The van der Waals surface area contributed by atoms with E-state index in [2.05, 4.69) is 12.2 Å². The van der Waals surface area contributed by atoms with Crippen molar-refractivity contribution in [1.82, 2.24) is 5.32 Å². The maximum atomic E-state index is 9.07. The average Bonchev–Trinajstić information content (AvgIpc) is 2.47. The monoisotopic (exact) mass is 315 g/mol. The molecule has 1 aromatic rings. The quantitative estimate of drug-likeness (QED) is 0.696. The van der Waals surface area contributed by atoms with Crippen LogP contribution < -0.4 is 14.8 Å². The van der Waals surface area contributed by atoms with Crippen molar-refractivity contribution in [1.29, 1.82) is 0 Å². The molecule has 1 rings (SSSR count). The zero-order valence-corrected chi connectivity index (χ0v) is 13.9. The smallest absolute Gasteiger partial charge is 0.179 e. The normalized spacial score (nSPS) is 12.2. The number of ether oxygens (including phenoxy) is 2. The van der Waals surface area contributed by atoms with Gasteiger partial charge in [0.15, 0.2) is 11.5 Å². The van der Waals surface area contributed by atoms with Gasteiger partial charge in [-0.3, -0.25) is 0 Å². The molecule has 1 atom stereocenters. The number of nitrogens with one attached hydrogen (secondary N) is 1. The van der Waals surface area contributed by atoms with Gasteiger partial charge in [-0.25, -0.2) is 0 Å². The number of halogens is 1. The molecule has 0 heterocycles. The van der Waals surface area contributed by atoms with Crippen molar-refractivity contribution < 1.29 is 14.6 Å². The fourth-order valence-electron chi connectivity index (χ4n) is 2.43. The molecule has 1 unspecified atom stereocenters. The van der Waals surface area contributed by atoms with Crippen LogP contribution >= 0.6 is 11.6 Å². The first kappa shape index (κ1) is 18.1. The second-order valence-electron chi connectivity index (χ2n) is 5.11. The number of rotatable bonds is 10. The van der Waals surface area contributed by atoms with Crippen LogP contribution in [-0.2, 0) is 6.54 Å². The van der Waals surface area contributed by atoms with E-state index in [-0.39, 0.29) is 6.61 Å². The molecule has 0 aliphatic heterocycles. The fraction of sp³-hybridized carbons (Fsp3) is 0.625. The van der Waals surface area contributed by atoms with Gasteiger partial charge >= 0.3 is 0 Å². The van der Waals surface area contributed by atoms with Gasteiger partial charge in [-0.2, -0.15) is 0 Å². The van der Waals surface area contributed by atoms with E-state index in [1.807, 2.05) is 12.1 Å². The van der Waals surface area contributed by atoms with Gasteiger partial charge < -0.3 is 19.9 Å². The summed E-state index contributed by atoms with van der Waals surface area (Å²) in [6.07, 6.45) is 3.10. The molecule has 0 amide bonds. The van der Waals surface area contributed by atoms with E-state index in [1.54, 1.807) is 14.2 Å². The minimum atomic E-state index is 0.245. The third-order valence-corrected chi connectivity index (χ3v) is 3.77. The first-order valence-corrected chi connectivity index (χ1v) is 7.76. The Labute approximate surface area is 132 Å². The van der Waals surface area contributed by atoms with Crippen LogP contribution in [-0.4, -0.2) is 32.5 Å². The van der Waals surface area contributed by atoms with E-state index in [0.717, 1.165) is 31.4 Å². The minimum absolute atomic E-state index is 0.245. The van der Waals surface area contributed by atoms with E-state index in [1.165, 1.54) is 0 Å². The number of methoxy groups -OCH3 is 2. The summed E-state index contributed by atoms with van der Waals surface area (Å²) in [6, 6.07) is 3.81. The van der Waals surface area contributed by atoms with Crippen LogP contribution in [0.15, 0.2) is 12.1 Å². The van der Waals surface area contributed by atoms with Gasteiger partial charge in [-0.1, -0.05) is 24.9 Å². The molecule has 0 fully saturated rings. The van der Waals surface area contributed by atoms with Crippen molar-refractivity contribution in [3.05, 3.63) is 22.7 Å². The second kappa shape index (κ2) is 9.87. The Morgan fingerprint density at radius 2 is 2.00 bits per heavy atom. The molecule has 0 radical (unpaired) electrons. The summed E-state index contributed by atoms with van der Waals surface area (Å²) in [5, 5.41) is 13.0. The van der Waals surface area contributed by atoms with Gasteiger partial charge in [-0.05, 0) is 43.0 Å². The summed E-state index contributed by atoms with van der Waals surface area (Å²) in [4.78, 5) is 0. The topological polar surface area (TPSA) is 50.7 Å². The largest absolute Gasteiger partial charge is 0.493 e. The second-order valence-corrected chi connectivity index (χ2v) is 5.52. The molecule has 5 heteroatoms. The van der Waals surface area contributed by atoms with Gasteiger partial charge in [0.2, 0.25) is 0 Å². The summed E-state index contributed by atoms with van der Waals surface area (Å²) < 4.78 is 10.5. The summed E-state index contributed by atoms with van der Waals surface area (Å²) in [6.45, 7) is 4.01. The standard InChI is InChI=1S/C16H26ClNO3/c1-4-5-12(6-7-19)10-18-11-13-8-14(17)16(21-3)15(9-13)20-2/h8-9,12,18-19H,4-7,10-11H2,1-3H3. The number of hydrogen-bond donors (Lipinski definition) is 2. The maximum Gasteiger partial charge on any atom is 0.179 e. The van der Waals surface area contributed by atoms with Crippen molar-refractivity contribution in [3.63, 3.8) is 0 Å². The number of aliphatic hydroxyl groups is 1. The van der Waals surface area contributed by atoms with Crippen LogP contribution in [0.25, 0.3) is 0 Å². The van der Waals surface area contributed by atoms with Crippen molar-refractivity contribution in [2.24, 2.45) is 5.92 Å². The lowest BCUT2D eigenvalue weighted by atomic mass is 10.0. The molecule has 0 aromatic heterocycles. The Bertz CT molecular complexity index is 420. The van der Waals surface area contributed by atoms with Crippen LogP contribution in [0.5, 0.6) is 11.5 Å². The Hall–Kier alpha value is -0.970. The predicted octanol–water partition coefficient (Wildman–Crippen LogP) is 3.25. The Morgan fingerprint density at radius 1 is 1.24 bits per heavy atom. The van der Waals surface area contributed by atoms with Gasteiger partial charge in [0.25, 0.3) is 0 Å². The Balaban J connectivity index is 2.60. The highest BCUT2D eigenvalue weighted by molar-refractivity contribution is 6.32. The van der Waals surface area contributed by atoms with Gasteiger partial charge in [0.1, 0.15) is 0 Å². The molecule has 4 nitrogen and oxygen atoms in total. The molecule has 21 heavy (non-hydrogen) atoms. The number of aliphatic hydroxyl groups excluding tert-OH is 1. The molecular formula is C16H26ClNO3. The van der Waals surface area contributed by atoms with E-state index < -0.39 is 0 Å². The van der Waals surface area contributed by atoms with Crippen LogP contribution in [0.1, 0.15) is 31.7 Å². The summed E-state index contributed by atoms with van der Waals surface area (Å²) in [5.74, 6) is 1.71. The molecule has 120 valence electrons. The highest BCUT2D eigenvalue weighted by Gasteiger charge is 2.11. The van der Waals surface area contributed by atoms with E-state index in [4.69, 9.17) is 26.2 Å². The molecule has 0 spiro atoms. The van der Waals surface area contributed by atoms with E-state index >= 15 is 0 Å².